The van der Waals surface area contributed by atoms with Crippen molar-refractivity contribution in [1.82, 2.24) is 19.1 Å². The van der Waals surface area contributed by atoms with Crippen LogP contribution < -0.4 is 5.32 Å². The maximum Gasteiger partial charge on any atom is 0.256 e. The number of fused-ring (bicyclic) bond motifs is 1. The van der Waals surface area contributed by atoms with Gasteiger partial charge in [0.1, 0.15) is 4.90 Å². The minimum absolute atomic E-state index is 0.00230. The van der Waals surface area contributed by atoms with Crippen LogP contribution in [0.15, 0.2) is 29.2 Å². The molecule has 1 aliphatic rings. The minimum atomic E-state index is -3.73. The standard InChI is InChI=1S/C21H24ClN5O3S/c1-13-11-16(19-14(2)25-26(3)20(19)23-13)21(28)24-15-7-8-17(22)18(12-15)31(29,30)27-9-5-4-6-10-27/h7-8,11-12H,4-6,9-10H2,1-3H3,(H,24,28). The van der Waals surface area contributed by atoms with Crippen molar-refractivity contribution in [3.05, 3.63) is 46.2 Å². The molecule has 0 unspecified atom stereocenters. The Morgan fingerprint density at radius 2 is 1.84 bits per heavy atom. The van der Waals surface area contributed by atoms with E-state index >= 15 is 0 Å². The minimum Gasteiger partial charge on any atom is -0.322 e. The number of benzene rings is 1. The normalized spacial score (nSPS) is 15.4. The second kappa shape index (κ2) is 8.22. The molecule has 10 heteroatoms. The molecular formula is C21H24ClN5O3S. The van der Waals surface area contributed by atoms with E-state index in [1.54, 1.807) is 23.9 Å². The smallest absolute Gasteiger partial charge is 0.256 e. The molecule has 31 heavy (non-hydrogen) atoms. The Morgan fingerprint density at radius 1 is 1.13 bits per heavy atom. The molecule has 164 valence electrons. The van der Waals surface area contributed by atoms with Gasteiger partial charge in [0.15, 0.2) is 5.65 Å². The number of sulfonamides is 1. The SMILES string of the molecule is Cc1cc(C(=O)Nc2ccc(Cl)c(S(=O)(=O)N3CCCCC3)c2)c2c(C)nn(C)c2n1. The van der Waals surface area contributed by atoms with Crippen molar-refractivity contribution in [3.63, 3.8) is 0 Å². The number of carbonyl (C=O) groups excluding carboxylic acids is 1. The zero-order valence-electron chi connectivity index (χ0n) is 17.6. The Morgan fingerprint density at radius 3 is 2.55 bits per heavy atom. The summed E-state index contributed by atoms with van der Waals surface area (Å²) in [5.41, 5.74) is 2.79. The van der Waals surface area contributed by atoms with E-state index in [9.17, 15) is 13.2 Å². The largest absolute Gasteiger partial charge is 0.322 e. The van der Waals surface area contributed by atoms with Gasteiger partial charge in [0, 0.05) is 31.5 Å². The van der Waals surface area contributed by atoms with Gasteiger partial charge in [-0.25, -0.2) is 13.4 Å². The third-order valence-electron chi connectivity index (χ3n) is 5.46. The van der Waals surface area contributed by atoms with Crippen LogP contribution in [-0.2, 0) is 17.1 Å². The summed E-state index contributed by atoms with van der Waals surface area (Å²) < 4.78 is 29.3. The van der Waals surface area contributed by atoms with E-state index in [1.807, 2.05) is 13.8 Å². The van der Waals surface area contributed by atoms with Crippen LogP contribution in [0.25, 0.3) is 11.0 Å². The predicted molar refractivity (Wildman–Crippen MR) is 120 cm³/mol. The van der Waals surface area contributed by atoms with Crippen molar-refractivity contribution in [2.75, 3.05) is 18.4 Å². The van der Waals surface area contributed by atoms with Crippen LogP contribution in [0.4, 0.5) is 5.69 Å². The number of aromatic nitrogens is 3. The Labute approximate surface area is 186 Å². The predicted octanol–water partition coefficient (Wildman–Crippen LogP) is 3.67. The number of anilines is 1. The average Bonchev–Trinajstić information content (AvgIpc) is 3.02. The molecule has 1 fully saturated rings. The van der Waals surface area contributed by atoms with Gasteiger partial charge in [0.25, 0.3) is 5.91 Å². The summed E-state index contributed by atoms with van der Waals surface area (Å²) in [7, 11) is -1.96. The zero-order chi connectivity index (χ0) is 22.3. The Kier molecular flexibility index (Phi) is 5.76. The van der Waals surface area contributed by atoms with E-state index < -0.39 is 10.0 Å². The first-order valence-electron chi connectivity index (χ1n) is 10.1. The van der Waals surface area contributed by atoms with Crippen molar-refractivity contribution in [1.29, 1.82) is 0 Å². The van der Waals surface area contributed by atoms with E-state index in [1.165, 1.54) is 16.4 Å². The quantitative estimate of drug-likeness (QED) is 0.639. The van der Waals surface area contributed by atoms with Crippen molar-refractivity contribution in [2.45, 2.75) is 38.0 Å². The molecule has 0 aliphatic carbocycles. The topological polar surface area (TPSA) is 97.2 Å². The third kappa shape index (κ3) is 4.05. The molecule has 0 bridgehead atoms. The molecule has 0 saturated carbocycles. The molecule has 1 amide bonds. The Hall–Kier alpha value is -2.49. The van der Waals surface area contributed by atoms with Crippen molar-refractivity contribution in [3.8, 4) is 0 Å². The molecule has 3 heterocycles. The number of hydrogen-bond donors (Lipinski definition) is 1. The first-order chi connectivity index (χ1) is 14.7. The Bertz CT molecular complexity index is 1280. The van der Waals surface area contributed by atoms with Gasteiger partial charge in [0.05, 0.1) is 21.7 Å². The van der Waals surface area contributed by atoms with Gasteiger partial charge < -0.3 is 5.32 Å². The molecule has 1 aromatic carbocycles. The Balaban J connectivity index is 1.69. The zero-order valence-corrected chi connectivity index (χ0v) is 19.2. The van der Waals surface area contributed by atoms with Crippen LogP contribution in [0.3, 0.4) is 0 Å². The number of pyridine rings is 1. The highest BCUT2D eigenvalue weighted by molar-refractivity contribution is 7.89. The number of nitrogens with one attached hydrogen (secondary N) is 1. The molecule has 1 aliphatic heterocycles. The van der Waals surface area contributed by atoms with Crippen molar-refractivity contribution >= 4 is 44.3 Å². The lowest BCUT2D eigenvalue weighted by atomic mass is 10.1. The van der Waals surface area contributed by atoms with Crippen LogP contribution in [0.1, 0.15) is 41.0 Å². The maximum atomic E-state index is 13.1. The summed E-state index contributed by atoms with van der Waals surface area (Å²) >= 11 is 6.24. The third-order valence-corrected chi connectivity index (χ3v) is 7.84. The number of rotatable bonds is 4. The number of aryl methyl sites for hydroxylation is 3. The number of hydrogen-bond acceptors (Lipinski definition) is 5. The molecular weight excluding hydrogens is 438 g/mol. The summed E-state index contributed by atoms with van der Waals surface area (Å²) in [4.78, 5) is 17.6. The molecule has 2 aromatic heterocycles. The van der Waals surface area contributed by atoms with E-state index in [2.05, 4.69) is 15.4 Å². The van der Waals surface area contributed by atoms with Gasteiger partial charge in [-0.3, -0.25) is 9.48 Å². The fraction of sp³-hybridized carbons (Fsp3) is 0.381. The van der Waals surface area contributed by atoms with E-state index in [-0.39, 0.29) is 15.8 Å². The fourth-order valence-electron chi connectivity index (χ4n) is 3.97. The van der Waals surface area contributed by atoms with Crippen LogP contribution in [0, 0.1) is 13.8 Å². The second-order valence-corrected chi connectivity index (χ2v) is 10.1. The summed E-state index contributed by atoms with van der Waals surface area (Å²) in [5, 5.41) is 7.97. The number of halogens is 1. The van der Waals surface area contributed by atoms with Crippen LogP contribution in [-0.4, -0.2) is 46.5 Å². The molecule has 4 rings (SSSR count). The van der Waals surface area contributed by atoms with E-state index in [4.69, 9.17) is 11.6 Å². The number of amides is 1. The highest BCUT2D eigenvalue weighted by atomic mass is 35.5. The fourth-order valence-corrected chi connectivity index (χ4v) is 5.99. The number of piperidine rings is 1. The van der Waals surface area contributed by atoms with Gasteiger partial charge in [0.2, 0.25) is 10.0 Å². The summed E-state index contributed by atoms with van der Waals surface area (Å²) in [6.45, 7) is 4.58. The molecule has 0 radical (unpaired) electrons. The molecule has 0 atom stereocenters. The number of nitrogens with zero attached hydrogens (tertiary/aromatic N) is 4. The molecule has 3 aromatic rings. The number of carbonyl (C=O) groups is 1. The lowest BCUT2D eigenvalue weighted by Gasteiger charge is -2.26. The van der Waals surface area contributed by atoms with Crippen LogP contribution >= 0.6 is 11.6 Å². The van der Waals surface area contributed by atoms with Crippen molar-refractivity contribution in [2.24, 2.45) is 7.05 Å². The van der Waals surface area contributed by atoms with E-state index in [0.29, 0.717) is 46.8 Å². The van der Waals surface area contributed by atoms with Crippen molar-refractivity contribution < 1.29 is 13.2 Å². The van der Waals surface area contributed by atoms with E-state index in [0.717, 1.165) is 19.3 Å². The molecule has 1 saturated heterocycles. The van der Waals surface area contributed by atoms with Gasteiger partial charge in [-0.05, 0) is 51.0 Å². The van der Waals surface area contributed by atoms with Gasteiger partial charge in [-0.2, -0.15) is 9.40 Å². The highest BCUT2D eigenvalue weighted by Gasteiger charge is 2.28. The summed E-state index contributed by atoms with van der Waals surface area (Å²) in [5.74, 6) is -0.366. The first kappa shape index (κ1) is 21.7. The maximum absolute atomic E-state index is 13.1. The lowest BCUT2D eigenvalue weighted by molar-refractivity contribution is 0.102. The monoisotopic (exact) mass is 461 g/mol. The highest BCUT2D eigenvalue weighted by Crippen LogP contribution is 2.30. The van der Waals surface area contributed by atoms with Gasteiger partial charge >= 0.3 is 0 Å². The first-order valence-corrected chi connectivity index (χ1v) is 11.9. The average molecular weight is 462 g/mol. The second-order valence-electron chi connectivity index (χ2n) is 7.78. The van der Waals surface area contributed by atoms with Gasteiger partial charge in [-0.15, -0.1) is 0 Å². The summed E-state index contributed by atoms with van der Waals surface area (Å²) in [6.07, 6.45) is 2.67. The molecule has 1 N–H and O–H groups in total. The molecule has 0 spiro atoms. The summed E-state index contributed by atoms with van der Waals surface area (Å²) in [6, 6.07) is 6.21. The van der Waals surface area contributed by atoms with Gasteiger partial charge in [-0.1, -0.05) is 18.0 Å². The van der Waals surface area contributed by atoms with Crippen LogP contribution in [0.2, 0.25) is 5.02 Å². The van der Waals surface area contributed by atoms with Crippen LogP contribution in [0.5, 0.6) is 0 Å². The molecule has 8 nitrogen and oxygen atoms in total. The lowest BCUT2D eigenvalue weighted by Crippen LogP contribution is -2.35.